The van der Waals surface area contributed by atoms with E-state index in [1.165, 1.54) is 6.07 Å². The summed E-state index contributed by atoms with van der Waals surface area (Å²) in [5.74, 6) is -1.86. The van der Waals surface area contributed by atoms with E-state index < -0.39 is 11.6 Å². The Balaban J connectivity index is 1.91. The number of carbonyl (C=O) groups excluding carboxylic acids is 1. The molecule has 5 heteroatoms. The Kier molecular flexibility index (Phi) is 3.91. The summed E-state index contributed by atoms with van der Waals surface area (Å²) in [7, 11) is 0. The molecule has 1 fully saturated rings. The second-order valence-corrected chi connectivity index (χ2v) is 4.60. The van der Waals surface area contributed by atoms with Crippen molar-refractivity contribution in [3.05, 3.63) is 35.4 Å². The number of carbonyl (C=O) groups is 1. The van der Waals surface area contributed by atoms with Crippen molar-refractivity contribution in [3.63, 3.8) is 0 Å². The minimum atomic E-state index is -0.891. The first-order valence-electron chi connectivity index (χ1n) is 6.03. The standard InChI is InChI=1S/C13H16F2N2O/c1-8-10(4-5-16-8)13(18)17-7-9-2-3-11(14)12(15)6-9/h2-3,6,8,10,16H,4-5,7H2,1H3,(H,17,18). The van der Waals surface area contributed by atoms with Crippen LogP contribution in [0.25, 0.3) is 0 Å². The highest BCUT2D eigenvalue weighted by Gasteiger charge is 2.28. The Labute approximate surface area is 105 Å². The van der Waals surface area contributed by atoms with Gasteiger partial charge in [0.05, 0.1) is 5.92 Å². The molecule has 2 N–H and O–H groups in total. The van der Waals surface area contributed by atoms with Crippen LogP contribution in [0, 0.1) is 17.6 Å². The molecule has 1 heterocycles. The third-order valence-electron chi connectivity index (χ3n) is 3.31. The third-order valence-corrected chi connectivity index (χ3v) is 3.31. The first-order chi connectivity index (χ1) is 8.58. The van der Waals surface area contributed by atoms with Crippen molar-refractivity contribution in [2.24, 2.45) is 5.92 Å². The molecule has 0 radical (unpaired) electrons. The Hall–Kier alpha value is -1.49. The van der Waals surface area contributed by atoms with Gasteiger partial charge in [0, 0.05) is 12.6 Å². The molecule has 0 aliphatic carbocycles. The van der Waals surface area contributed by atoms with E-state index in [9.17, 15) is 13.6 Å². The van der Waals surface area contributed by atoms with E-state index in [0.29, 0.717) is 5.56 Å². The topological polar surface area (TPSA) is 41.1 Å². The maximum Gasteiger partial charge on any atom is 0.224 e. The number of benzene rings is 1. The predicted octanol–water partition coefficient (Wildman–Crippen LogP) is 1.58. The largest absolute Gasteiger partial charge is 0.352 e. The fourth-order valence-electron chi connectivity index (χ4n) is 2.19. The molecule has 1 saturated heterocycles. The van der Waals surface area contributed by atoms with Gasteiger partial charge < -0.3 is 10.6 Å². The van der Waals surface area contributed by atoms with Crippen LogP contribution in [0.5, 0.6) is 0 Å². The number of hydrogen-bond acceptors (Lipinski definition) is 2. The van der Waals surface area contributed by atoms with Crippen LogP contribution in [-0.4, -0.2) is 18.5 Å². The van der Waals surface area contributed by atoms with Crippen LogP contribution >= 0.6 is 0 Å². The molecule has 0 bridgehead atoms. The van der Waals surface area contributed by atoms with E-state index in [4.69, 9.17) is 0 Å². The van der Waals surface area contributed by atoms with E-state index in [2.05, 4.69) is 10.6 Å². The Morgan fingerprint density at radius 3 is 2.83 bits per heavy atom. The van der Waals surface area contributed by atoms with E-state index in [1.54, 1.807) is 0 Å². The molecule has 1 aromatic rings. The summed E-state index contributed by atoms with van der Waals surface area (Å²) in [6.45, 7) is 3.03. The molecule has 98 valence electrons. The lowest BCUT2D eigenvalue weighted by molar-refractivity contribution is -0.125. The third kappa shape index (κ3) is 2.85. The zero-order valence-electron chi connectivity index (χ0n) is 10.2. The van der Waals surface area contributed by atoms with Crippen LogP contribution in [-0.2, 0) is 11.3 Å². The van der Waals surface area contributed by atoms with Gasteiger partial charge in [-0.1, -0.05) is 6.07 Å². The van der Waals surface area contributed by atoms with E-state index in [1.807, 2.05) is 6.92 Å². The highest BCUT2D eigenvalue weighted by molar-refractivity contribution is 5.79. The number of nitrogens with one attached hydrogen (secondary N) is 2. The molecule has 2 unspecified atom stereocenters. The van der Waals surface area contributed by atoms with Crippen LogP contribution < -0.4 is 10.6 Å². The highest BCUT2D eigenvalue weighted by Crippen LogP contribution is 2.15. The van der Waals surface area contributed by atoms with Gasteiger partial charge in [0.15, 0.2) is 11.6 Å². The SMILES string of the molecule is CC1NCCC1C(=O)NCc1ccc(F)c(F)c1. The van der Waals surface area contributed by atoms with Gasteiger partial charge in [-0.25, -0.2) is 8.78 Å². The van der Waals surface area contributed by atoms with Crippen LogP contribution in [0.1, 0.15) is 18.9 Å². The molecule has 1 aliphatic heterocycles. The van der Waals surface area contributed by atoms with Gasteiger partial charge in [-0.15, -0.1) is 0 Å². The van der Waals surface area contributed by atoms with Gasteiger partial charge in [0.25, 0.3) is 0 Å². The summed E-state index contributed by atoms with van der Waals surface area (Å²) in [6, 6.07) is 3.80. The highest BCUT2D eigenvalue weighted by atomic mass is 19.2. The molecule has 0 aromatic heterocycles. The average molecular weight is 254 g/mol. The molecule has 2 atom stereocenters. The van der Waals surface area contributed by atoms with Crippen molar-refractivity contribution in [2.75, 3.05) is 6.54 Å². The minimum Gasteiger partial charge on any atom is -0.352 e. The van der Waals surface area contributed by atoms with Crippen molar-refractivity contribution < 1.29 is 13.6 Å². The zero-order chi connectivity index (χ0) is 13.1. The molecule has 0 spiro atoms. The minimum absolute atomic E-state index is 0.0442. The lowest BCUT2D eigenvalue weighted by Gasteiger charge is -2.14. The van der Waals surface area contributed by atoms with E-state index in [0.717, 1.165) is 25.1 Å². The lowest BCUT2D eigenvalue weighted by atomic mass is 10.0. The molecule has 3 nitrogen and oxygen atoms in total. The van der Waals surface area contributed by atoms with Crippen molar-refractivity contribution in [3.8, 4) is 0 Å². The maximum absolute atomic E-state index is 13.0. The molecule has 2 rings (SSSR count). The Bertz CT molecular complexity index is 451. The molecular formula is C13H16F2N2O. The van der Waals surface area contributed by atoms with Gasteiger partial charge in [0.1, 0.15) is 0 Å². The van der Waals surface area contributed by atoms with Crippen LogP contribution in [0.15, 0.2) is 18.2 Å². The van der Waals surface area contributed by atoms with Crippen molar-refractivity contribution in [2.45, 2.75) is 25.9 Å². The van der Waals surface area contributed by atoms with E-state index in [-0.39, 0.29) is 24.4 Å². The van der Waals surface area contributed by atoms with Crippen molar-refractivity contribution in [1.29, 1.82) is 0 Å². The van der Waals surface area contributed by atoms with Gasteiger partial charge >= 0.3 is 0 Å². The van der Waals surface area contributed by atoms with Crippen LogP contribution in [0.2, 0.25) is 0 Å². The molecule has 1 aromatic carbocycles. The molecule has 18 heavy (non-hydrogen) atoms. The van der Waals surface area contributed by atoms with Crippen LogP contribution in [0.4, 0.5) is 8.78 Å². The van der Waals surface area contributed by atoms with Crippen molar-refractivity contribution >= 4 is 5.91 Å². The summed E-state index contributed by atoms with van der Waals surface area (Å²) in [4.78, 5) is 11.9. The Morgan fingerprint density at radius 2 is 2.22 bits per heavy atom. The molecular weight excluding hydrogens is 238 g/mol. The fourth-order valence-corrected chi connectivity index (χ4v) is 2.19. The van der Waals surface area contributed by atoms with Crippen LogP contribution in [0.3, 0.4) is 0 Å². The summed E-state index contributed by atoms with van der Waals surface area (Å²) in [5, 5.41) is 5.94. The summed E-state index contributed by atoms with van der Waals surface area (Å²) in [6.07, 6.45) is 0.810. The first kappa shape index (κ1) is 13.0. The smallest absolute Gasteiger partial charge is 0.224 e. The second kappa shape index (κ2) is 5.44. The van der Waals surface area contributed by atoms with Gasteiger partial charge in [-0.05, 0) is 37.6 Å². The normalized spacial score (nSPS) is 23.1. The van der Waals surface area contributed by atoms with Gasteiger partial charge in [-0.2, -0.15) is 0 Å². The number of halogens is 2. The second-order valence-electron chi connectivity index (χ2n) is 4.60. The zero-order valence-corrected chi connectivity index (χ0v) is 10.2. The number of amides is 1. The quantitative estimate of drug-likeness (QED) is 0.860. The molecule has 1 aliphatic rings. The van der Waals surface area contributed by atoms with Gasteiger partial charge in [-0.3, -0.25) is 4.79 Å². The molecule has 0 saturated carbocycles. The summed E-state index contributed by atoms with van der Waals surface area (Å²) < 4.78 is 25.7. The summed E-state index contributed by atoms with van der Waals surface area (Å²) in [5.41, 5.74) is 0.556. The Morgan fingerprint density at radius 1 is 1.44 bits per heavy atom. The van der Waals surface area contributed by atoms with Crippen molar-refractivity contribution in [1.82, 2.24) is 10.6 Å². The monoisotopic (exact) mass is 254 g/mol. The van der Waals surface area contributed by atoms with E-state index >= 15 is 0 Å². The number of hydrogen-bond donors (Lipinski definition) is 2. The first-order valence-corrected chi connectivity index (χ1v) is 6.03. The lowest BCUT2D eigenvalue weighted by Crippen LogP contribution is -2.36. The summed E-state index contributed by atoms with van der Waals surface area (Å²) >= 11 is 0. The average Bonchev–Trinajstić information content (AvgIpc) is 2.77. The predicted molar refractivity (Wildman–Crippen MR) is 63.8 cm³/mol. The fraction of sp³-hybridized carbons (Fsp3) is 0.462. The molecule has 1 amide bonds. The maximum atomic E-state index is 13.0. The van der Waals surface area contributed by atoms with Gasteiger partial charge in [0.2, 0.25) is 5.91 Å². The number of rotatable bonds is 3.